The molecule has 0 amide bonds. The lowest BCUT2D eigenvalue weighted by Gasteiger charge is -2.08. The van der Waals surface area contributed by atoms with Crippen LogP contribution in [0.2, 0.25) is 0 Å². The highest BCUT2D eigenvalue weighted by atomic mass is 16.1. The predicted octanol–water partition coefficient (Wildman–Crippen LogP) is 2.77. The average molecular weight is 261 g/mol. The molecule has 0 radical (unpaired) electrons. The molecule has 0 spiro atoms. The number of hydrogen-bond acceptors (Lipinski definition) is 3. The zero-order valence-corrected chi connectivity index (χ0v) is 10.8. The van der Waals surface area contributed by atoms with Crippen LogP contribution in [-0.4, -0.2) is 9.97 Å². The standard InChI is InChI=1S/C16H11N3O/c1-10-4-6-11(7-5-10)14-12(9-17)16(20)19-13-3-2-8-18-15(13)14/h2-8H,1H3,(H,19,20). The molecule has 0 aliphatic rings. The number of nitrogens with zero attached hydrogens (tertiary/aromatic N) is 2. The third kappa shape index (κ3) is 1.86. The number of nitriles is 1. The topological polar surface area (TPSA) is 69.5 Å². The minimum atomic E-state index is -0.386. The van der Waals surface area contributed by atoms with E-state index in [1.165, 1.54) is 0 Å². The largest absolute Gasteiger partial charge is 0.319 e. The van der Waals surface area contributed by atoms with Gasteiger partial charge in [-0.05, 0) is 24.6 Å². The van der Waals surface area contributed by atoms with Crippen molar-refractivity contribution in [2.75, 3.05) is 0 Å². The van der Waals surface area contributed by atoms with E-state index in [-0.39, 0.29) is 11.1 Å². The van der Waals surface area contributed by atoms with Crippen molar-refractivity contribution in [3.05, 3.63) is 64.1 Å². The molecule has 3 rings (SSSR count). The van der Waals surface area contributed by atoms with Crippen LogP contribution in [0.1, 0.15) is 11.1 Å². The van der Waals surface area contributed by atoms with Gasteiger partial charge in [0.25, 0.3) is 5.56 Å². The molecule has 4 heteroatoms. The van der Waals surface area contributed by atoms with Crippen LogP contribution in [0.25, 0.3) is 22.2 Å². The van der Waals surface area contributed by atoms with E-state index in [0.29, 0.717) is 16.6 Å². The van der Waals surface area contributed by atoms with Crippen molar-refractivity contribution in [1.82, 2.24) is 9.97 Å². The molecule has 4 nitrogen and oxygen atoms in total. The zero-order chi connectivity index (χ0) is 14.1. The smallest absolute Gasteiger partial charge is 0.267 e. The molecule has 0 saturated heterocycles. The molecule has 20 heavy (non-hydrogen) atoms. The molecule has 96 valence electrons. The molecule has 0 bridgehead atoms. The monoisotopic (exact) mass is 261 g/mol. The zero-order valence-electron chi connectivity index (χ0n) is 10.8. The molecular formula is C16H11N3O. The number of nitrogens with one attached hydrogen (secondary N) is 1. The van der Waals surface area contributed by atoms with Crippen molar-refractivity contribution < 1.29 is 0 Å². The number of rotatable bonds is 1. The van der Waals surface area contributed by atoms with Gasteiger partial charge in [0.05, 0.1) is 11.0 Å². The van der Waals surface area contributed by atoms with Crippen LogP contribution >= 0.6 is 0 Å². The summed E-state index contributed by atoms with van der Waals surface area (Å²) in [6.07, 6.45) is 1.65. The fraction of sp³-hybridized carbons (Fsp3) is 0.0625. The van der Waals surface area contributed by atoms with Crippen LogP contribution in [-0.2, 0) is 0 Å². The quantitative estimate of drug-likeness (QED) is 0.732. The van der Waals surface area contributed by atoms with E-state index < -0.39 is 0 Å². The van der Waals surface area contributed by atoms with E-state index in [1.807, 2.05) is 37.3 Å². The van der Waals surface area contributed by atoms with Gasteiger partial charge in [0, 0.05) is 11.8 Å². The fourth-order valence-corrected chi connectivity index (χ4v) is 2.23. The van der Waals surface area contributed by atoms with Gasteiger partial charge in [0.1, 0.15) is 11.6 Å². The molecule has 0 aliphatic carbocycles. The number of hydrogen-bond donors (Lipinski definition) is 1. The minimum Gasteiger partial charge on any atom is -0.319 e. The summed E-state index contributed by atoms with van der Waals surface area (Å²) in [7, 11) is 0. The highest BCUT2D eigenvalue weighted by molar-refractivity contribution is 5.94. The third-order valence-corrected chi connectivity index (χ3v) is 3.22. The van der Waals surface area contributed by atoms with Crippen LogP contribution in [0.5, 0.6) is 0 Å². The molecule has 0 atom stereocenters. The predicted molar refractivity (Wildman–Crippen MR) is 77.3 cm³/mol. The van der Waals surface area contributed by atoms with Crippen molar-refractivity contribution in [3.8, 4) is 17.2 Å². The molecule has 0 aliphatic heterocycles. The van der Waals surface area contributed by atoms with E-state index in [2.05, 4.69) is 9.97 Å². The molecular weight excluding hydrogens is 250 g/mol. The summed E-state index contributed by atoms with van der Waals surface area (Å²) in [5.41, 5.74) is 3.51. The number of fused-ring (bicyclic) bond motifs is 1. The molecule has 3 aromatic rings. The van der Waals surface area contributed by atoms with Gasteiger partial charge in [0.2, 0.25) is 0 Å². The van der Waals surface area contributed by atoms with Crippen LogP contribution in [0.15, 0.2) is 47.4 Å². The van der Waals surface area contributed by atoms with Gasteiger partial charge < -0.3 is 4.98 Å². The highest BCUT2D eigenvalue weighted by Gasteiger charge is 2.14. The molecule has 1 N–H and O–H groups in total. The number of aromatic amines is 1. The molecule has 0 unspecified atom stereocenters. The number of aryl methyl sites for hydroxylation is 1. The second kappa shape index (κ2) is 4.63. The Hall–Kier alpha value is -2.93. The second-order valence-corrected chi connectivity index (χ2v) is 4.58. The van der Waals surface area contributed by atoms with Gasteiger partial charge >= 0.3 is 0 Å². The van der Waals surface area contributed by atoms with Crippen LogP contribution in [0.4, 0.5) is 0 Å². The van der Waals surface area contributed by atoms with E-state index in [1.54, 1.807) is 18.3 Å². The Labute approximate surface area is 115 Å². The van der Waals surface area contributed by atoms with Crippen molar-refractivity contribution >= 4 is 11.0 Å². The Bertz CT molecular complexity index is 886. The summed E-state index contributed by atoms with van der Waals surface area (Å²) in [5.74, 6) is 0. The first-order valence-corrected chi connectivity index (χ1v) is 6.19. The Balaban J connectivity index is 2.46. The normalized spacial score (nSPS) is 10.4. The Kier molecular flexibility index (Phi) is 2.81. The van der Waals surface area contributed by atoms with Crippen LogP contribution < -0.4 is 5.56 Å². The molecule has 0 saturated carbocycles. The molecule has 2 heterocycles. The maximum absolute atomic E-state index is 12.0. The van der Waals surface area contributed by atoms with Gasteiger partial charge in [0.15, 0.2) is 0 Å². The van der Waals surface area contributed by atoms with E-state index >= 15 is 0 Å². The van der Waals surface area contributed by atoms with E-state index in [4.69, 9.17) is 0 Å². The van der Waals surface area contributed by atoms with Gasteiger partial charge in [-0.1, -0.05) is 29.8 Å². The summed E-state index contributed by atoms with van der Waals surface area (Å²) in [6, 6.07) is 13.2. The summed E-state index contributed by atoms with van der Waals surface area (Å²) in [6.45, 7) is 1.99. The van der Waals surface area contributed by atoms with Gasteiger partial charge in [-0.25, -0.2) is 0 Å². The van der Waals surface area contributed by atoms with Crippen LogP contribution in [0, 0.1) is 18.3 Å². The number of aromatic nitrogens is 2. The summed E-state index contributed by atoms with van der Waals surface area (Å²) >= 11 is 0. The first-order valence-electron chi connectivity index (χ1n) is 6.19. The Morgan fingerprint density at radius 2 is 1.95 bits per heavy atom. The Morgan fingerprint density at radius 1 is 1.20 bits per heavy atom. The Morgan fingerprint density at radius 3 is 2.65 bits per heavy atom. The van der Waals surface area contributed by atoms with Gasteiger partial charge in [-0.2, -0.15) is 5.26 Å². The lowest BCUT2D eigenvalue weighted by molar-refractivity contribution is 1.25. The maximum atomic E-state index is 12.0. The van der Waals surface area contributed by atoms with E-state index in [0.717, 1.165) is 11.1 Å². The lowest BCUT2D eigenvalue weighted by Crippen LogP contribution is -2.12. The first-order chi connectivity index (χ1) is 9.70. The van der Waals surface area contributed by atoms with Gasteiger partial charge in [-0.15, -0.1) is 0 Å². The third-order valence-electron chi connectivity index (χ3n) is 3.22. The molecule has 2 aromatic heterocycles. The highest BCUT2D eigenvalue weighted by Crippen LogP contribution is 2.27. The van der Waals surface area contributed by atoms with Crippen molar-refractivity contribution in [2.24, 2.45) is 0 Å². The minimum absolute atomic E-state index is 0.0973. The molecule has 1 aromatic carbocycles. The van der Waals surface area contributed by atoms with E-state index in [9.17, 15) is 10.1 Å². The van der Waals surface area contributed by atoms with Gasteiger partial charge in [-0.3, -0.25) is 9.78 Å². The fourth-order valence-electron chi connectivity index (χ4n) is 2.23. The molecule has 0 fully saturated rings. The average Bonchev–Trinajstić information content (AvgIpc) is 2.47. The number of pyridine rings is 2. The summed E-state index contributed by atoms with van der Waals surface area (Å²) in [4.78, 5) is 19.0. The number of H-pyrrole nitrogens is 1. The van der Waals surface area contributed by atoms with Crippen molar-refractivity contribution in [1.29, 1.82) is 5.26 Å². The lowest BCUT2D eigenvalue weighted by atomic mass is 9.99. The van der Waals surface area contributed by atoms with Crippen molar-refractivity contribution in [3.63, 3.8) is 0 Å². The second-order valence-electron chi connectivity index (χ2n) is 4.58. The van der Waals surface area contributed by atoms with Crippen LogP contribution in [0.3, 0.4) is 0 Å². The maximum Gasteiger partial charge on any atom is 0.267 e. The summed E-state index contributed by atoms with van der Waals surface area (Å²) in [5, 5.41) is 9.28. The summed E-state index contributed by atoms with van der Waals surface area (Å²) < 4.78 is 0. The first kappa shape index (κ1) is 12.1. The van der Waals surface area contributed by atoms with Crippen molar-refractivity contribution in [2.45, 2.75) is 6.92 Å². The SMILES string of the molecule is Cc1ccc(-c2c(C#N)c(=O)[nH]c3cccnc23)cc1. The number of benzene rings is 1.